The molecule has 0 N–H and O–H groups in total. The summed E-state index contributed by atoms with van der Waals surface area (Å²) in [4.78, 5) is 3.88. The van der Waals surface area contributed by atoms with Crippen LogP contribution in [0.3, 0.4) is 0 Å². The summed E-state index contributed by atoms with van der Waals surface area (Å²) in [6.07, 6.45) is 0. The molecule has 0 bridgehead atoms. The number of aromatic nitrogens is 2. The van der Waals surface area contributed by atoms with E-state index in [1.165, 1.54) is 4.88 Å². The summed E-state index contributed by atoms with van der Waals surface area (Å²) in [5, 5.41) is 4.47. The van der Waals surface area contributed by atoms with Gasteiger partial charge in [0.05, 0.1) is 10.5 Å². The molecule has 7 heteroatoms. The molecule has 4 nitrogen and oxygen atoms in total. The van der Waals surface area contributed by atoms with Crippen LogP contribution in [0.1, 0.15) is 31.5 Å². The zero-order valence-electron chi connectivity index (χ0n) is 12.0. The van der Waals surface area contributed by atoms with Gasteiger partial charge in [-0.05, 0) is 47.3 Å². The van der Waals surface area contributed by atoms with Crippen molar-refractivity contribution in [2.45, 2.75) is 39.4 Å². The van der Waals surface area contributed by atoms with Crippen LogP contribution in [0.15, 0.2) is 20.3 Å². The van der Waals surface area contributed by atoms with Gasteiger partial charge in [0.1, 0.15) is 0 Å². The van der Waals surface area contributed by atoms with Gasteiger partial charge in [0.25, 0.3) is 4.84 Å². The molecule has 2 rings (SSSR count). The van der Waals surface area contributed by atoms with E-state index in [-0.39, 0.29) is 5.41 Å². The predicted molar refractivity (Wildman–Crippen MR) is 87.5 cm³/mol. The summed E-state index contributed by atoms with van der Waals surface area (Å²) in [6.45, 7) is 7.66. The molecule has 20 heavy (non-hydrogen) atoms. The highest BCUT2D eigenvalue weighted by Crippen LogP contribution is 2.23. The third-order valence-electron chi connectivity index (χ3n) is 2.68. The van der Waals surface area contributed by atoms with E-state index in [1.807, 2.05) is 7.05 Å². The van der Waals surface area contributed by atoms with Gasteiger partial charge in [-0.2, -0.15) is 0 Å². The topological polar surface area (TPSA) is 34.2 Å². The third kappa shape index (κ3) is 4.00. The van der Waals surface area contributed by atoms with Gasteiger partial charge >= 0.3 is 0 Å². The molecular formula is C13H18BrN3OS2. The Morgan fingerprint density at radius 2 is 2.15 bits per heavy atom. The minimum Gasteiger partial charge on any atom is -0.413 e. The van der Waals surface area contributed by atoms with Crippen LogP contribution in [0.2, 0.25) is 0 Å². The van der Waals surface area contributed by atoms with Crippen molar-refractivity contribution in [1.82, 2.24) is 14.7 Å². The standard InChI is InChI=1S/C13H18BrN3OS2/c1-13(2,3)11-15-17(12(19)18-11)8-16(4)7-9-5-6-10(14)20-9/h5-6H,7-8H2,1-4H3. The average Bonchev–Trinajstić information content (AvgIpc) is 2.86. The van der Waals surface area contributed by atoms with Crippen LogP contribution in [0.25, 0.3) is 0 Å². The summed E-state index contributed by atoms with van der Waals surface area (Å²) in [5.74, 6) is 0.676. The molecule has 0 saturated carbocycles. The van der Waals surface area contributed by atoms with E-state index in [2.05, 4.69) is 58.8 Å². The van der Waals surface area contributed by atoms with Crippen molar-refractivity contribution in [1.29, 1.82) is 0 Å². The molecule has 0 amide bonds. The highest BCUT2D eigenvalue weighted by atomic mass is 79.9. The van der Waals surface area contributed by atoms with E-state index in [4.69, 9.17) is 16.6 Å². The fraction of sp³-hybridized carbons (Fsp3) is 0.538. The molecule has 110 valence electrons. The van der Waals surface area contributed by atoms with Crippen molar-refractivity contribution < 1.29 is 4.42 Å². The van der Waals surface area contributed by atoms with Gasteiger partial charge in [0.2, 0.25) is 5.89 Å². The first-order chi connectivity index (χ1) is 9.25. The molecule has 2 aromatic rings. The average molecular weight is 376 g/mol. The number of thiophene rings is 1. The van der Waals surface area contributed by atoms with Gasteiger partial charge < -0.3 is 4.42 Å². The SMILES string of the molecule is CN(Cc1ccc(Br)s1)Cn1nc(C(C)(C)C)oc1=S. The van der Waals surface area contributed by atoms with Crippen molar-refractivity contribution in [3.63, 3.8) is 0 Å². The maximum Gasteiger partial charge on any atom is 0.288 e. The number of hydrogen-bond donors (Lipinski definition) is 0. The van der Waals surface area contributed by atoms with Crippen LogP contribution in [0, 0.1) is 4.84 Å². The molecule has 0 aliphatic carbocycles. The van der Waals surface area contributed by atoms with Crippen molar-refractivity contribution in [3.05, 3.63) is 31.5 Å². The van der Waals surface area contributed by atoms with Gasteiger partial charge in [-0.1, -0.05) is 20.8 Å². The first-order valence-corrected chi connectivity index (χ1v) is 8.28. The largest absolute Gasteiger partial charge is 0.413 e. The molecule has 2 aromatic heterocycles. The second kappa shape index (κ2) is 6.09. The molecule has 0 aliphatic heterocycles. The Hall–Kier alpha value is -0.500. The number of halogens is 1. The van der Waals surface area contributed by atoms with Gasteiger partial charge in [0, 0.05) is 16.8 Å². The lowest BCUT2D eigenvalue weighted by atomic mass is 9.97. The summed E-state index contributed by atoms with van der Waals surface area (Å²) in [7, 11) is 2.04. The smallest absolute Gasteiger partial charge is 0.288 e. The molecule has 0 unspecified atom stereocenters. The van der Waals surface area contributed by atoms with E-state index in [1.54, 1.807) is 16.0 Å². The number of hydrogen-bond acceptors (Lipinski definition) is 5. The fourth-order valence-electron chi connectivity index (χ4n) is 1.68. The van der Waals surface area contributed by atoms with Crippen molar-refractivity contribution in [3.8, 4) is 0 Å². The van der Waals surface area contributed by atoms with Crippen molar-refractivity contribution >= 4 is 39.5 Å². The number of nitrogens with zero attached hydrogens (tertiary/aromatic N) is 3. The van der Waals surface area contributed by atoms with Crippen LogP contribution >= 0.6 is 39.5 Å². The van der Waals surface area contributed by atoms with E-state index in [0.717, 1.165) is 10.3 Å². The molecule has 0 saturated heterocycles. The molecule has 0 aromatic carbocycles. The lowest BCUT2D eigenvalue weighted by Crippen LogP contribution is -2.22. The molecule has 0 spiro atoms. The van der Waals surface area contributed by atoms with Gasteiger partial charge in [-0.3, -0.25) is 4.90 Å². The lowest BCUT2D eigenvalue weighted by molar-refractivity contribution is 0.242. The minimum atomic E-state index is -0.129. The maximum absolute atomic E-state index is 5.57. The Morgan fingerprint density at radius 3 is 2.65 bits per heavy atom. The minimum absolute atomic E-state index is 0.129. The van der Waals surface area contributed by atoms with Crippen LogP contribution < -0.4 is 0 Å². The predicted octanol–water partition coefficient (Wildman–Crippen LogP) is 4.42. The zero-order chi connectivity index (χ0) is 14.9. The fourth-order valence-corrected chi connectivity index (χ4v) is 3.42. The Labute approximate surface area is 136 Å². The molecule has 2 heterocycles. The second-order valence-electron chi connectivity index (χ2n) is 5.78. The van der Waals surface area contributed by atoms with Crippen LogP contribution in [0.5, 0.6) is 0 Å². The third-order valence-corrected chi connectivity index (χ3v) is 4.58. The van der Waals surface area contributed by atoms with Crippen LogP contribution in [0.4, 0.5) is 0 Å². The van der Waals surface area contributed by atoms with Gasteiger partial charge in [-0.15, -0.1) is 16.4 Å². The molecular weight excluding hydrogens is 358 g/mol. The van der Waals surface area contributed by atoms with Crippen LogP contribution in [-0.2, 0) is 18.6 Å². The molecule has 0 radical (unpaired) electrons. The Morgan fingerprint density at radius 1 is 1.45 bits per heavy atom. The molecule has 0 fully saturated rings. The second-order valence-corrected chi connectivity index (χ2v) is 8.68. The summed E-state index contributed by atoms with van der Waals surface area (Å²) < 4.78 is 8.45. The Bertz CT molecular complexity index is 639. The van der Waals surface area contributed by atoms with Gasteiger partial charge in [-0.25, -0.2) is 4.68 Å². The first-order valence-electron chi connectivity index (χ1n) is 6.27. The van der Waals surface area contributed by atoms with E-state index >= 15 is 0 Å². The Kier molecular flexibility index (Phi) is 4.84. The van der Waals surface area contributed by atoms with E-state index in [9.17, 15) is 0 Å². The zero-order valence-corrected chi connectivity index (χ0v) is 15.2. The summed E-state index contributed by atoms with van der Waals surface area (Å²) in [6, 6.07) is 4.18. The number of rotatable bonds is 4. The summed E-state index contributed by atoms with van der Waals surface area (Å²) in [5.41, 5.74) is -0.129. The summed E-state index contributed by atoms with van der Waals surface area (Å²) >= 11 is 10.4. The van der Waals surface area contributed by atoms with Gasteiger partial charge in [0.15, 0.2) is 0 Å². The monoisotopic (exact) mass is 375 g/mol. The van der Waals surface area contributed by atoms with Crippen LogP contribution in [-0.4, -0.2) is 21.7 Å². The van der Waals surface area contributed by atoms with E-state index < -0.39 is 0 Å². The normalized spacial score (nSPS) is 12.3. The maximum atomic E-state index is 5.57. The molecule has 0 atom stereocenters. The Balaban J connectivity index is 2.06. The quantitative estimate of drug-likeness (QED) is 0.740. The van der Waals surface area contributed by atoms with Crippen molar-refractivity contribution in [2.75, 3.05) is 7.05 Å². The first kappa shape index (κ1) is 15.9. The highest BCUT2D eigenvalue weighted by molar-refractivity contribution is 9.11. The highest BCUT2D eigenvalue weighted by Gasteiger charge is 2.21. The van der Waals surface area contributed by atoms with Crippen molar-refractivity contribution in [2.24, 2.45) is 0 Å². The van der Waals surface area contributed by atoms with E-state index in [0.29, 0.717) is 17.4 Å². The lowest BCUT2D eigenvalue weighted by Gasteiger charge is -2.15. The molecule has 0 aliphatic rings.